The molecule has 4 nitrogen and oxygen atoms in total. The second-order valence-corrected chi connectivity index (χ2v) is 8.64. The van der Waals surface area contributed by atoms with E-state index in [1.165, 1.54) is 11.1 Å². The zero-order chi connectivity index (χ0) is 22.7. The van der Waals surface area contributed by atoms with Crippen LogP contribution >= 0.6 is 0 Å². The van der Waals surface area contributed by atoms with Gasteiger partial charge in [-0.25, -0.2) is 0 Å². The monoisotopic (exact) mass is 424 g/mol. The SMILES string of the molecule is C#CCCC1(CCC(=O)NCCOc2ccc(CC/C(C)=C\CC)cc2)C(CC)N1C. The molecule has 1 saturated heterocycles. The fourth-order valence-corrected chi connectivity index (χ4v) is 4.68. The average molecular weight is 425 g/mol. The molecule has 0 radical (unpaired) electrons. The van der Waals surface area contributed by atoms with Crippen LogP contribution in [0.1, 0.15) is 71.3 Å². The van der Waals surface area contributed by atoms with Gasteiger partial charge in [-0.3, -0.25) is 9.69 Å². The second kappa shape index (κ2) is 12.6. The number of allylic oxidation sites excluding steroid dienone is 2. The van der Waals surface area contributed by atoms with E-state index in [-0.39, 0.29) is 11.4 Å². The van der Waals surface area contributed by atoms with Gasteiger partial charge < -0.3 is 10.1 Å². The molecular formula is C27H40N2O2. The summed E-state index contributed by atoms with van der Waals surface area (Å²) in [7, 11) is 2.14. The summed E-state index contributed by atoms with van der Waals surface area (Å²) >= 11 is 0. The van der Waals surface area contributed by atoms with E-state index in [1.807, 2.05) is 12.1 Å². The number of hydrogen-bond acceptors (Lipinski definition) is 3. The quantitative estimate of drug-likeness (QED) is 0.195. The highest BCUT2D eigenvalue weighted by molar-refractivity contribution is 5.76. The molecule has 1 N–H and O–H groups in total. The lowest BCUT2D eigenvalue weighted by Crippen LogP contribution is -2.30. The second-order valence-electron chi connectivity index (χ2n) is 8.64. The van der Waals surface area contributed by atoms with Crippen molar-refractivity contribution >= 4 is 5.91 Å². The Labute approximate surface area is 189 Å². The highest BCUT2D eigenvalue weighted by atomic mass is 16.5. The summed E-state index contributed by atoms with van der Waals surface area (Å²) in [5.74, 6) is 3.68. The molecule has 0 aromatic heterocycles. The van der Waals surface area contributed by atoms with Crippen LogP contribution in [0.3, 0.4) is 0 Å². The third-order valence-corrected chi connectivity index (χ3v) is 6.57. The Balaban J connectivity index is 1.65. The molecule has 1 aliphatic heterocycles. The number of amides is 1. The molecule has 4 heteroatoms. The normalized spacial score (nSPS) is 22.6. The minimum Gasteiger partial charge on any atom is -0.492 e. The van der Waals surface area contributed by atoms with Crippen molar-refractivity contribution in [3.63, 3.8) is 0 Å². The van der Waals surface area contributed by atoms with Crippen molar-refractivity contribution in [1.29, 1.82) is 0 Å². The first-order valence-corrected chi connectivity index (χ1v) is 11.8. The summed E-state index contributed by atoms with van der Waals surface area (Å²) in [6, 6.07) is 8.82. The third kappa shape index (κ3) is 7.43. The van der Waals surface area contributed by atoms with Gasteiger partial charge in [0.2, 0.25) is 5.91 Å². The first kappa shape index (κ1) is 25.0. The molecule has 1 aromatic carbocycles. The molecule has 1 fully saturated rings. The number of ether oxygens (including phenoxy) is 1. The van der Waals surface area contributed by atoms with Crippen LogP contribution in [0.2, 0.25) is 0 Å². The molecule has 1 aliphatic rings. The summed E-state index contributed by atoms with van der Waals surface area (Å²) in [6.07, 6.45) is 15.2. The Morgan fingerprint density at radius 3 is 2.61 bits per heavy atom. The molecule has 1 amide bonds. The lowest BCUT2D eigenvalue weighted by Gasteiger charge is -2.15. The molecule has 1 heterocycles. The maximum atomic E-state index is 12.3. The van der Waals surface area contributed by atoms with Gasteiger partial charge in [0, 0.05) is 24.4 Å². The lowest BCUT2D eigenvalue weighted by molar-refractivity contribution is -0.121. The van der Waals surface area contributed by atoms with Crippen molar-refractivity contribution < 1.29 is 9.53 Å². The molecule has 2 rings (SSSR count). The van der Waals surface area contributed by atoms with E-state index >= 15 is 0 Å². The summed E-state index contributed by atoms with van der Waals surface area (Å²) in [5.41, 5.74) is 2.87. The van der Waals surface area contributed by atoms with Crippen molar-refractivity contribution in [2.45, 2.75) is 83.7 Å². The van der Waals surface area contributed by atoms with Gasteiger partial charge in [-0.2, -0.15) is 0 Å². The van der Waals surface area contributed by atoms with Gasteiger partial charge in [0.25, 0.3) is 0 Å². The number of rotatable bonds is 14. The fourth-order valence-electron chi connectivity index (χ4n) is 4.68. The zero-order valence-corrected chi connectivity index (χ0v) is 19.9. The topological polar surface area (TPSA) is 41.3 Å². The summed E-state index contributed by atoms with van der Waals surface area (Å²) < 4.78 is 5.78. The number of carbonyl (C=O) groups excluding carboxylic acids is 1. The summed E-state index contributed by atoms with van der Waals surface area (Å²) in [6.45, 7) is 7.56. The summed E-state index contributed by atoms with van der Waals surface area (Å²) in [5, 5.41) is 2.98. The maximum Gasteiger partial charge on any atom is 0.220 e. The first-order valence-electron chi connectivity index (χ1n) is 11.8. The minimum absolute atomic E-state index is 0.0877. The predicted molar refractivity (Wildman–Crippen MR) is 129 cm³/mol. The van der Waals surface area contributed by atoms with Gasteiger partial charge in [-0.05, 0) is 70.2 Å². The van der Waals surface area contributed by atoms with E-state index in [0.717, 1.165) is 50.7 Å². The standard InChI is InChI=1S/C27H40N2O2/c1-6-9-18-27(25(8-3)29(27)5)19-17-26(30)28-20-21-31-24-15-13-23(14-16-24)12-11-22(4)10-7-2/h1,10,13-16,25H,7-9,11-12,17-21H2,2-5H3,(H,28,30)/b22-10-. The van der Waals surface area contributed by atoms with Crippen molar-refractivity contribution in [2.75, 3.05) is 20.2 Å². The molecule has 1 aromatic rings. The van der Waals surface area contributed by atoms with Crippen LogP contribution < -0.4 is 10.1 Å². The molecule has 31 heavy (non-hydrogen) atoms. The Hall–Kier alpha value is -2.25. The number of aryl methyl sites for hydroxylation is 1. The van der Waals surface area contributed by atoms with Gasteiger partial charge in [0.15, 0.2) is 0 Å². The van der Waals surface area contributed by atoms with Gasteiger partial charge in [-0.15, -0.1) is 12.3 Å². The zero-order valence-electron chi connectivity index (χ0n) is 19.9. The van der Waals surface area contributed by atoms with E-state index in [1.54, 1.807) is 0 Å². The van der Waals surface area contributed by atoms with Gasteiger partial charge in [-0.1, -0.05) is 37.6 Å². The molecule has 3 atom stereocenters. The molecule has 170 valence electrons. The Morgan fingerprint density at radius 2 is 2.00 bits per heavy atom. The van der Waals surface area contributed by atoms with Crippen LogP contribution in [0.15, 0.2) is 35.9 Å². The first-order chi connectivity index (χ1) is 15.0. The van der Waals surface area contributed by atoms with E-state index in [4.69, 9.17) is 11.2 Å². The van der Waals surface area contributed by atoms with Crippen molar-refractivity contribution in [3.8, 4) is 18.1 Å². The van der Waals surface area contributed by atoms with Gasteiger partial charge in [0.1, 0.15) is 12.4 Å². The summed E-state index contributed by atoms with van der Waals surface area (Å²) in [4.78, 5) is 14.7. The third-order valence-electron chi connectivity index (χ3n) is 6.57. The van der Waals surface area contributed by atoms with Crippen molar-refractivity contribution in [3.05, 3.63) is 41.5 Å². The molecule has 0 aliphatic carbocycles. The highest BCUT2D eigenvalue weighted by Gasteiger charge is 2.57. The fraction of sp³-hybridized carbons (Fsp3) is 0.593. The van der Waals surface area contributed by atoms with Crippen molar-refractivity contribution in [2.24, 2.45) is 0 Å². The minimum atomic E-state index is 0.0877. The van der Waals surface area contributed by atoms with E-state index < -0.39 is 0 Å². The smallest absolute Gasteiger partial charge is 0.220 e. The maximum absolute atomic E-state index is 12.3. The van der Waals surface area contributed by atoms with E-state index in [2.05, 4.69) is 62.2 Å². The van der Waals surface area contributed by atoms with Crippen LogP contribution in [-0.4, -0.2) is 42.6 Å². The number of hydrogen-bond donors (Lipinski definition) is 1. The predicted octanol–water partition coefficient (Wildman–Crippen LogP) is 5.13. The average Bonchev–Trinajstić information content (AvgIpc) is 3.35. The van der Waals surface area contributed by atoms with Crippen LogP contribution in [0.25, 0.3) is 0 Å². The number of benzene rings is 1. The number of nitrogens with one attached hydrogen (secondary N) is 1. The Morgan fingerprint density at radius 1 is 1.26 bits per heavy atom. The van der Waals surface area contributed by atoms with Gasteiger partial charge >= 0.3 is 0 Å². The lowest BCUT2D eigenvalue weighted by atomic mass is 9.92. The van der Waals surface area contributed by atoms with E-state index in [0.29, 0.717) is 25.6 Å². The number of nitrogens with zero attached hydrogens (tertiary/aromatic N) is 1. The number of carbonyl (C=O) groups is 1. The molecule has 0 saturated carbocycles. The molecular weight excluding hydrogens is 384 g/mol. The number of likely N-dealkylation sites (N-methyl/N-ethyl adjacent to an activating group) is 1. The molecule has 0 spiro atoms. The van der Waals surface area contributed by atoms with Gasteiger partial charge in [0.05, 0.1) is 6.54 Å². The number of terminal acetylenes is 1. The largest absolute Gasteiger partial charge is 0.492 e. The van der Waals surface area contributed by atoms with Crippen molar-refractivity contribution in [1.82, 2.24) is 10.2 Å². The highest BCUT2D eigenvalue weighted by Crippen LogP contribution is 2.48. The van der Waals surface area contributed by atoms with Crippen LogP contribution in [-0.2, 0) is 11.2 Å². The molecule has 3 unspecified atom stereocenters. The molecule has 0 bridgehead atoms. The Kier molecular flexibility index (Phi) is 10.1. The van der Waals surface area contributed by atoms with E-state index in [9.17, 15) is 4.79 Å². The van der Waals surface area contributed by atoms with Crippen LogP contribution in [0.4, 0.5) is 0 Å². The van der Waals surface area contributed by atoms with Crippen LogP contribution in [0, 0.1) is 12.3 Å². The Bertz CT molecular complexity index is 762. The van der Waals surface area contributed by atoms with Crippen LogP contribution in [0.5, 0.6) is 5.75 Å².